The number of sulfonamides is 2. The molecule has 240 valence electrons. The molecule has 0 spiro atoms. The Morgan fingerprint density at radius 3 is 2.18 bits per heavy atom. The van der Waals surface area contributed by atoms with Crippen LogP contribution in [-0.4, -0.2) is 58.1 Å². The number of nitrogens with one attached hydrogen (secondary N) is 3. The van der Waals surface area contributed by atoms with E-state index < -0.39 is 43.9 Å². The van der Waals surface area contributed by atoms with Crippen molar-refractivity contribution in [3.05, 3.63) is 77.7 Å². The van der Waals surface area contributed by atoms with Gasteiger partial charge in [-0.05, 0) is 72.9 Å². The molecule has 3 rings (SSSR count). The quantitative estimate of drug-likeness (QED) is 0.0476. The van der Waals surface area contributed by atoms with Crippen molar-refractivity contribution < 1.29 is 26.4 Å². The second kappa shape index (κ2) is 16.1. The van der Waals surface area contributed by atoms with E-state index in [0.29, 0.717) is 18.5 Å². The van der Waals surface area contributed by atoms with Crippen LogP contribution in [0.15, 0.2) is 81.2 Å². The zero-order valence-electron chi connectivity index (χ0n) is 24.7. The molecule has 12 nitrogen and oxygen atoms in total. The molecular formula is C29H40N6O6S3. The number of hydrogen-bond donors (Lipinski definition) is 5. The monoisotopic (exact) mass is 664 g/mol. The number of unbranched alkanes of at least 4 members (excludes halogenated alkanes) is 1. The van der Waals surface area contributed by atoms with Crippen LogP contribution < -0.4 is 27.0 Å². The molecule has 0 bridgehead atoms. The number of nitrogen functional groups attached to an aromatic ring is 1. The van der Waals surface area contributed by atoms with Crippen molar-refractivity contribution in [1.82, 2.24) is 19.8 Å². The minimum absolute atomic E-state index is 0.00360. The average Bonchev–Trinajstić information content (AvgIpc) is 3.54. The number of amides is 2. The number of carbonyl (C=O) groups is 2. The SMILES string of the molecule is CC(C)CN([C@@H](CCCCNC(=O)[C@H](Cc1ccccc1)NS(=O)(=O)c1cccs1)C(=O)NN)S(=O)(=O)c1ccc(N)cc1. The summed E-state index contributed by atoms with van der Waals surface area (Å²) in [6.45, 7) is 3.94. The summed E-state index contributed by atoms with van der Waals surface area (Å²) in [5.41, 5.74) is 9.00. The minimum Gasteiger partial charge on any atom is -0.399 e. The lowest BCUT2D eigenvalue weighted by molar-refractivity contribution is -0.125. The van der Waals surface area contributed by atoms with Gasteiger partial charge in [-0.1, -0.05) is 50.2 Å². The molecule has 0 aliphatic rings. The third-order valence-corrected chi connectivity index (χ3v) is 11.4. The van der Waals surface area contributed by atoms with E-state index in [4.69, 9.17) is 11.6 Å². The molecule has 1 heterocycles. The molecule has 44 heavy (non-hydrogen) atoms. The summed E-state index contributed by atoms with van der Waals surface area (Å²) in [4.78, 5) is 26.0. The second-order valence-electron chi connectivity index (χ2n) is 10.6. The molecule has 0 fully saturated rings. The van der Waals surface area contributed by atoms with Crippen LogP contribution in [0, 0.1) is 5.92 Å². The predicted octanol–water partition coefficient (Wildman–Crippen LogP) is 2.21. The molecular weight excluding hydrogens is 625 g/mol. The first-order valence-electron chi connectivity index (χ1n) is 14.1. The second-order valence-corrected chi connectivity index (χ2v) is 15.4. The van der Waals surface area contributed by atoms with Gasteiger partial charge in [0.25, 0.3) is 15.9 Å². The van der Waals surface area contributed by atoms with Crippen molar-refractivity contribution >= 4 is 48.9 Å². The summed E-state index contributed by atoms with van der Waals surface area (Å²) in [5, 5.41) is 4.42. The van der Waals surface area contributed by atoms with Crippen LogP contribution in [0.1, 0.15) is 38.7 Å². The normalized spacial score (nSPS) is 13.5. The van der Waals surface area contributed by atoms with E-state index in [0.717, 1.165) is 21.2 Å². The first-order valence-corrected chi connectivity index (χ1v) is 17.9. The lowest BCUT2D eigenvalue weighted by Crippen LogP contribution is -2.52. The Labute approximate surface area is 263 Å². The van der Waals surface area contributed by atoms with Crippen molar-refractivity contribution in [3.8, 4) is 0 Å². The molecule has 2 amide bonds. The maximum Gasteiger partial charge on any atom is 0.252 e. The topological polar surface area (TPSA) is 194 Å². The van der Waals surface area contributed by atoms with Crippen molar-refractivity contribution in [2.45, 2.75) is 60.7 Å². The van der Waals surface area contributed by atoms with Crippen LogP contribution in [0.25, 0.3) is 0 Å². The van der Waals surface area contributed by atoms with Crippen LogP contribution in [-0.2, 0) is 36.1 Å². The molecule has 1 aromatic heterocycles. The molecule has 0 radical (unpaired) electrons. The predicted molar refractivity (Wildman–Crippen MR) is 171 cm³/mol. The summed E-state index contributed by atoms with van der Waals surface area (Å²) in [6, 6.07) is 15.7. The number of rotatable bonds is 17. The number of nitrogens with two attached hydrogens (primary N) is 2. The van der Waals surface area contributed by atoms with Crippen LogP contribution in [0.2, 0.25) is 0 Å². The van der Waals surface area contributed by atoms with E-state index in [1.165, 1.54) is 30.3 Å². The van der Waals surface area contributed by atoms with Crippen molar-refractivity contribution in [1.29, 1.82) is 0 Å². The number of nitrogens with zero attached hydrogens (tertiary/aromatic N) is 1. The fourth-order valence-corrected chi connectivity index (χ4v) is 8.51. The van der Waals surface area contributed by atoms with Gasteiger partial charge in [0.05, 0.1) is 4.90 Å². The number of thiophene rings is 1. The molecule has 2 aromatic carbocycles. The largest absolute Gasteiger partial charge is 0.399 e. The van der Waals surface area contributed by atoms with Gasteiger partial charge in [-0.2, -0.15) is 9.03 Å². The zero-order chi connectivity index (χ0) is 32.3. The summed E-state index contributed by atoms with van der Waals surface area (Å²) in [5.74, 6) is 4.20. The third-order valence-electron chi connectivity index (χ3n) is 6.68. The Bertz CT molecular complexity index is 1570. The standard InChI is InChI=1S/C29H40N6O6S3/c1-21(2)20-35(44(40,41)24-15-13-23(30)14-16-24)26(29(37)33-31)11-6-7-17-32-28(36)25(19-22-9-4-3-5-10-22)34-43(38,39)27-12-8-18-42-27/h3-5,8-10,12-16,18,21,25-26,34H,6-7,11,17,19-20,30-31H2,1-2H3,(H,32,36)(H,33,37)/t25-,26-/m0/s1. The van der Waals surface area contributed by atoms with E-state index in [2.05, 4.69) is 15.5 Å². The van der Waals surface area contributed by atoms with Crippen LogP contribution in [0.3, 0.4) is 0 Å². The fourth-order valence-electron chi connectivity index (χ4n) is 4.53. The van der Waals surface area contributed by atoms with Crippen molar-refractivity contribution in [2.24, 2.45) is 11.8 Å². The molecule has 0 saturated heterocycles. The highest BCUT2D eigenvalue weighted by Crippen LogP contribution is 2.24. The van der Waals surface area contributed by atoms with Gasteiger partial charge >= 0.3 is 0 Å². The van der Waals surface area contributed by atoms with E-state index >= 15 is 0 Å². The zero-order valence-corrected chi connectivity index (χ0v) is 27.1. The van der Waals surface area contributed by atoms with Gasteiger partial charge < -0.3 is 11.1 Å². The molecule has 3 aromatic rings. The number of carbonyl (C=O) groups excluding carboxylic acids is 2. The number of benzene rings is 2. The average molecular weight is 665 g/mol. The van der Waals surface area contributed by atoms with Crippen molar-refractivity contribution in [2.75, 3.05) is 18.8 Å². The Hall–Kier alpha value is -3.34. The van der Waals surface area contributed by atoms with E-state index in [1.807, 2.05) is 44.2 Å². The lowest BCUT2D eigenvalue weighted by Gasteiger charge is -2.31. The van der Waals surface area contributed by atoms with Gasteiger partial charge in [0.1, 0.15) is 16.3 Å². The first kappa shape index (κ1) is 35.1. The van der Waals surface area contributed by atoms with E-state index in [-0.39, 0.29) is 41.0 Å². The van der Waals surface area contributed by atoms with Crippen molar-refractivity contribution in [3.63, 3.8) is 0 Å². The van der Waals surface area contributed by atoms with Gasteiger partial charge in [-0.3, -0.25) is 15.0 Å². The molecule has 7 N–H and O–H groups in total. The number of hydrazine groups is 1. The van der Waals surface area contributed by atoms with Crippen LogP contribution in [0.5, 0.6) is 0 Å². The number of hydrogen-bond acceptors (Lipinski definition) is 9. The smallest absolute Gasteiger partial charge is 0.252 e. The summed E-state index contributed by atoms with van der Waals surface area (Å²) in [7, 11) is -7.99. The lowest BCUT2D eigenvalue weighted by atomic mass is 10.1. The van der Waals surface area contributed by atoms with Gasteiger partial charge in [-0.15, -0.1) is 11.3 Å². The molecule has 0 aliphatic carbocycles. The Morgan fingerprint density at radius 1 is 0.909 bits per heavy atom. The van der Waals surface area contributed by atoms with Gasteiger partial charge in [-0.25, -0.2) is 22.7 Å². The Morgan fingerprint density at radius 2 is 1.59 bits per heavy atom. The van der Waals surface area contributed by atoms with Gasteiger partial charge in [0, 0.05) is 18.8 Å². The Kier molecular flexibility index (Phi) is 12.9. The van der Waals surface area contributed by atoms with Crippen LogP contribution >= 0.6 is 11.3 Å². The highest BCUT2D eigenvalue weighted by Gasteiger charge is 2.36. The summed E-state index contributed by atoms with van der Waals surface area (Å²) in [6.07, 6.45) is 1.04. The molecule has 0 aliphatic heterocycles. The van der Waals surface area contributed by atoms with Gasteiger partial charge in [0.2, 0.25) is 15.9 Å². The summed E-state index contributed by atoms with van der Waals surface area (Å²) < 4.78 is 56.8. The van der Waals surface area contributed by atoms with E-state index in [1.54, 1.807) is 11.4 Å². The molecule has 15 heteroatoms. The highest BCUT2D eigenvalue weighted by molar-refractivity contribution is 7.91. The minimum atomic E-state index is -4.07. The third kappa shape index (κ3) is 9.84. The maximum absolute atomic E-state index is 13.6. The summed E-state index contributed by atoms with van der Waals surface area (Å²) >= 11 is 1.05. The van der Waals surface area contributed by atoms with Gasteiger partial charge in [0.15, 0.2) is 0 Å². The molecule has 0 unspecified atom stereocenters. The Balaban J connectivity index is 1.68. The molecule has 2 atom stereocenters. The number of anilines is 1. The molecule has 0 saturated carbocycles. The maximum atomic E-state index is 13.6. The highest BCUT2D eigenvalue weighted by atomic mass is 32.2. The fraction of sp³-hybridized carbons (Fsp3) is 0.379. The van der Waals surface area contributed by atoms with E-state index in [9.17, 15) is 26.4 Å². The first-order chi connectivity index (χ1) is 20.8. The van der Waals surface area contributed by atoms with Crippen LogP contribution in [0.4, 0.5) is 5.69 Å².